The minimum atomic E-state index is 0.314. The predicted molar refractivity (Wildman–Crippen MR) is 137 cm³/mol. The number of hydrogen-bond donors (Lipinski definition) is 0. The van der Waals surface area contributed by atoms with Crippen LogP contribution in [0.4, 0.5) is 0 Å². The molecule has 4 heterocycles. The smallest absolute Gasteiger partial charge is 0.248 e. The van der Waals surface area contributed by atoms with E-state index in [-0.39, 0.29) is 0 Å². The first kappa shape index (κ1) is 15.7. The van der Waals surface area contributed by atoms with Crippen LogP contribution in [0, 0.1) is 0 Å². The lowest BCUT2D eigenvalue weighted by Crippen LogP contribution is -2.51. The molecule has 0 saturated heterocycles. The Balaban J connectivity index is 1.66. The van der Waals surface area contributed by atoms with Crippen LogP contribution in [-0.4, -0.2) is 11.1 Å². The number of benzene rings is 5. The molecule has 5 aromatic carbocycles. The van der Waals surface area contributed by atoms with Crippen molar-refractivity contribution in [2.24, 2.45) is 0 Å². The summed E-state index contributed by atoms with van der Waals surface area (Å²) in [6.07, 6.45) is 0. The molecule has 144 valence electrons. The third-order valence-electron chi connectivity index (χ3n) is 7.92. The van der Waals surface area contributed by atoms with Crippen molar-refractivity contribution in [1.82, 2.24) is 4.40 Å². The van der Waals surface area contributed by atoms with Gasteiger partial charge in [0.15, 0.2) is 0 Å². The minimum absolute atomic E-state index is 0.314. The van der Waals surface area contributed by atoms with Gasteiger partial charge in [0.05, 0.1) is 11.0 Å². The molecule has 0 aliphatic carbocycles. The maximum absolute atomic E-state index is 2.60. The van der Waals surface area contributed by atoms with Crippen molar-refractivity contribution in [1.29, 1.82) is 0 Å². The maximum atomic E-state index is 2.60. The quantitative estimate of drug-likeness (QED) is 0.328. The Morgan fingerprint density at radius 2 is 1.22 bits per heavy atom. The molecule has 1 nitrogen and oxygen atoms in total. The molecule has 0 N–H and O–H groups in total. The first-order chi connectivity index (χ1) is 15.9. The second kappa shape index (κ2) is 5.06. The monoisotopic (exact) mass is 401 g/mol. The fraction of sp³-hybridized carbons (Fsp3) is 0. The fourth-order valence-corrected chi connectivity index (χ4v) is 6.82. The molecule has 7 aromatic rings. The van der Waals surface area contributed by atoms with E-state index >= 15 is 0 Å². The van der Waals surface area contributed by atoms with Crippen molar-refractivity contribution < 1.29 is 0 Å². The van der Waals surface area contributed by atoms with Gasteiger partial charge in [-0.3, -0.25) is 0 Å². The summed E-state index contributed by atoms with van der Waals surface area (Å²) in [6.45, 7) is 0.314. The van der Waals surface area contributed by atoms with E-state index in [1.165, 1.54) is 76.7 Å². The molecule has 2 heteroatoms. The van der Waals surface area contributed by atoms with Gasteiger partial charge >= 0.3 is 0 Å². The number of rotatable bonds is 1. The summed E-state index contributed by atoms with van der Waals surface area (Å²) in [6, 6.07) is 36.2. The third-order valence-corrected chi connectivity index (χ3v) is 7.92. The first-order valence-electron chi connectivity index (χ1n) is 11.3. The fourth-order valence-electron chi connectivity index (χ4n) is 6.82. The average Bonchev–Trinajstić information content (AvgIpc) is 3.49. The van der Waals surface area contributed by atoms with Crippen LogP contribution in [0.2, 0.25) is 0 Å². The zero-order valence-electron chi connectivity index (χ0n) is 17.3. The summed E-state index contributed by atoms with van der Waals surface area (Å²) < 4.78 is 2.60. The highest BCUT2D eigenvalue weighted by molar-refractivity contribution is 7.02. The van der Waals surface area contributed by atoms with E-state index in [2.05, 4.69) is 101 Å². The van der Waals surface area contributed by atoms with Crippen molar-refractivity contribution in [2.75, 3.05) is 0 Å². The third kappa shape index (κ3) is 1.53. The van der Waals surface area contributed by atoms with E-state index in [4.69, 9.17) is 0 Å². The summed E-state index contributed by atoms with van der Waals surface area (Å²) in [7, 11) is 0. The summed E-state index contributed by atoms with van der Waals surface area (Å²) in [5, 5.41) is 5.53. The SMILES string of the molecule is c1ccc(-c2cc3c4c5c2c2cccc6c7cccc(c7n5c62)B4c2ccccc2-3)cc1. The van der Waals surface area contributed by atoms with Crippen LogP contribution in [0.15, 0.2) is 97.1 Å². The van der Waals surface area contributed by atoms with E-state index in [1.807, 2.05) is 0 Å². The van der Waals surface area contributed by atoms with Gasteiger partial charge in [0.1, 0.15) is 0 Å². The molecule has 2 aromatic heterocycles. The van der Waals surface area contributed by atoms with E-state index in [9.17, 15) is 0 Å². The van der Waals surface area contributed by atoms with Crippen LogP contribution in [-0.2, 0) is 0 Å². The highest BCUT2D eigenvalue weighted by Crippen LogP contribution is 2.45. The number of hydrogen-bond acceptors (Lipinski definition) is 0. The van der Waals surface area contributed by atoms with Gasteiger partial charge in [0.25, 0.3) is 0 Å². The maximum Gasteiger partial charge on any atom is 0.248 e. The van der Waals surface area contributed by atoms with Crippen LogP contribution >= 0.6 is 0 Å². The number of aromatic nitrogens is 1. The summed E-state index contributed by atoms with van der Waals surface area (Å²) in [4.78, 5) is 0. The van der Waals surface area contributed by atoms with Gasteiger partial charge in [-0.05, 0) is 39.2 Å². The molecule has 9 rings (SSSR count). The molecule has 0 amide bonds. The molecule has 0 atom stereocenters. The molecule has 0 saturated carbocycles. The van der Waals surface area contributed by atoms with Crippen molar-refractivity contribution in [3.8, 4) is 22.3 Å². The zero-order valence-corrected chi connectivity index (χ0v) is 17.3. The van der Waals surface area contributed by atoms with E-state index < -0.39 is 0 Å². The topological polar surface area (TPSA) is 4.41 Å². The summed E-state index contributed by atoms with van der Waals surface area (Å²) in [5.74, 6) is 0. The van der Waals surface area contributed by atoms with Crippen molar-refractivity contribution >= 4 is 61.2 Å². The molecule has 2 aliphatic rings. The molecule has 0 spiro atoms. The largest absolute Gasteiger partial charge is 0.309 e. The van der Waals surface area contributed by atoms with Gasteiger partial charge in [0.2, 0.25) is 6.71 Å². The van der Waals surface area contributed by atoms with E-state index in [0.29, 0.717) is 6.71 Å². The van der Waals surface area contributed by atoms with Gasteiger partial charge < -0.3 is 4.40 Å². The molecule has 0 radical (unpaired) electrons. The minimum Gasteiger partial charge on any atom is -0.309 e. The standard InChI is InChI=1S/C30H16BN/c1-2-8-17(9-3-1)22-16-23-18-10-4-5-14-24(18)31-25-15-7-12-20-19-11-6-13-21-26(22)30(27(23)31)32(28(19)21)29(20)25/h1-16H. The second-order valence-electron chi connectivity index (χ2n) is 9.28. The van der Waals surface area contributed by atoms with Gasteiger partial charge in [-0.1, -0.05) is 96.5 Å². The van der Waals surface area contributed by atoms with Crippen LogP contribution in [0.3, 0.4) is 0 Å². The normalized spacial score (nSPS) is 13.6. The lowest BCUT2D eigenvalue weighted by molar-refractivity contribution is 1.38. The van der Waals surface area contributed by atoms with E-state index in [1.54, 1.807) is 0 Å². The molecule has 0 bridgehead atoms. The Morgan fingerprint density at radius 3 is 2.12 bits per heavy atom. The molecular formula is C30H16BN. The first-order valence-corrected chi connectivity index (χ1v) is 11.3. The Morgan fingerprint density at radius 1 is 0.500 bits per heavy atom. The Kier molecular flexibility index (Phi) is 2.48. The molecule has 0 unspecified atom stereocenters. The zero-order chi connectivity index (χ0) is 20.6. The van der Waals surface area contributed by atoms with Crippen molar-refractivity contribution in [3.05, 3.63) is 97.1 Å². The van der Waals surface area contributed by atoms with Crippen LogP contribution in [0.1, 0.15) is 0 Å². The Bertz CT molecular complexity index is 1930. The van der Waals surface area contributed by atoms with Crippen molar-refractivity contribution in [3.63, 3.8) is 0 Å². The highest BCUT2D eigenvalue weighted by atomic mass is 14.9. The van der Waals surface area contributed by atoms with Crippen LogP contribution in [0.25, 0.3) is 60.3 Å². The summed E-state index contributed by atoms with van der Waals surface area (Å²) >= 11 is 0. The Hall–Kier alpha value is -4.04. The number of nitrogens with zero attached hydrogens (tertiary/aromatic N) is 1. The molecule has 0 fully saturated rings. The molecule has 32 heavy (non-hydrogen) atoms. The number of para-hydroxylation sites is 2. The van der Waals surface area contributed by atoms with Gasteiger partial charge in [0, 0.05) is 27.1 Å². The van der Waals surface area contributed by atoms with Crippen LogP contribution in [0.5, 0.6) is 0 Å². The average molecular weight is 401 g/mol. The molecule has 2 aliphatic heterocycles. The number of fused-ring (bicyclic) bond motifs is 6. The Labute approximate surface area is 184 Å². The molecular weight excluding hydrogens is 385 g/mol. The van der Waals surface area contributed by atoms with Crippen LogP contribution < -0.4 is 16.4 Å². The van der Waals surface area contributed by atoms with Gasteiger partial charge in [-0.15, -0.1) is 0 Å². The lowest BCUT2D eigenvalue weighted by atomic mass is 9.38. The lowest BCUT2D eigenvalue weighted by Gasteiger charge is -2.20. The van der Waals surface area contributed by atoms with Gasteiger partial charge in [-0.25, -0.2) is 0 Å². The van der Waals surface area contributed by atoms with Crippen molar-refractivity contribution in [2.45, 2.75) is 0 Å². The second-order valence-corrected chi connectivity index (χ2v) is 9.28. The van der Waals surface area contributed by atoms with E-state index in [0.717, 1.165) is 0 Å². The highest BCUT2D eigenvalue weighted by Gasteiger charge is 2.41. The summed E-state index contributed by atoms with van der Waals surface area (Å²) in [5.41, 5.74) is 14.0. The van der Waals surface area contributed by atoms with Gasteiger partial charge in [-0.2, -0.15) is 0 Å². The predicted octanol–water partition coefficient (Wildman–Crippen LogP) is 5.31.